The zero-order chi connectivity index (χ0) is 21.6. The van der Waals surface area contributed by atoms with Crippen molar-refractivity contribution in [3.05, 3.63) is 62.5 Å². The molecule has 0 radical (unpaired) electrons. The molecule has 2 rings (SSSR count). The molecular weight excluding hydrogens is 479 g/mol. The predicted octanol–water partition coefficient (Wildman–Crippen LogP) is 5.08. The molecule has 0 saturated carbocycles. The van der Waals surface area contributed by atoms with Gasteiger partial charge in [0.25, 0.3) is 5.91 Å². The fourth-order valence-corrected chi connectivity index (χ4v) is 3.51. The predicted molar refractivity (Wildman–Crippen MR) is 119 cm³/mol. The van der Waals surface area contributed by atoms with Gasteiger partial charge in [-0.25, -0.2) is 0 Å². The Balaban J connectivity index is 2.16. The van der Waals surface area contributed by atoms with Crippen LogP contribution in [-0.2, 0) is 16.1 Å². The third-order valence-corrected chi connectivity index (χ3v) is 5.22. The minimum absolute atomic E-state index is 0.0290. The molecule has 29 heavy (non-hydrogen) atoms. The third kappa shape index (κ3) is 7.21. The molecule has 0 bridgehead atoms. The smallest absolute Gasteiger partial charge is 0.261 e. The monoisotopic (exact) mass is 500 g/mol. The highest BCUT2D eigenvalue weighted by molar-refractivity contribution is 9.10. The summed E-state index contributed by atoms with van der Waals surface area (Å²) in [4.78, 5) is 27.0. The quantitative estimate of drug-likeness (QED) is 0.548. The van der Waals surface area contributed by atoms with Gasteiger partial charge in [-0.1, -0.05) is 35.3 Å². The van der Waals surface area contributed by atoms with Gasteiger partial charge in [0.1, 0.15) is 11.8 Å². The van der Waals surface area contributed by atoms with Gasteiger partial charge < -0.3 is 15.0 Å². The summed E-state index contributed by atoms with van der Waals surface area (Å²) < 4.78 is 6.30. The van der Waals surface area contributed by atoms with E-state index in [4.69, 9.17) is 27.9 Å². The summed E-state index contributed by atoms with van der Waals surface area (Å²) in [6.45, 7) is 5.49. The first-order valence-corrected chi connectivity index (χ1v) is 10.6. The van der Waals surface area contributed by atoms with Gasteiger partial charge in [0.2, 0.25) is 5.91 Å². The molecule has 0 heterocycles. The van der Waals surface area contributed by atoms with Crippen LogP contribution in [0.2, 0.25) is 10.0 Å². The molecule has 0 fully saturated rings. The topological polar surface area (TPSA) is 58.6 Å². The van der Waals surface area contributed by atoms with E-state index < -0.39 is 6.04 Å². The number of benzene rings is 2. The maximum Gasteiger partial charge on any atom is 0.261 e. The molecule has 1 atom stereocenters. The Bertz CT molecular complexity index is 860. The average molecular weight is 502 g/mol. The Morgan fingerprint density at radius 2 is 1.69 bits per heavy atom. The number of hydrogen-bond donors (Lipinski definition) is 1. The molecule has 2 aromatic carbocycles. The Morgan fingerprint density at radius 3 is 2.28 bits per heavy atom. The van der Waals surface area contributed by atoms with Crippen LogP contribution in [0, 0.1) is 0 Å². The van der Waals surface area contributed by atoms with Crippen LogP contribution in [0.3, 0.4) is 0 Å². The number of nitrogens with zero attached hydrogens (tertiary/aromatic N) is 1. The molecular formula is C21H23BrCl2N2O3. The lowest BCUT2D eigenvalue weighted by Crippen LogP contribution is -2.50. The number of ether oxygens (including phenoxy) is 1. The minimum atomic E-state index is -0.669. The molecule has 0 spiro atoms. The zero-order valence-corrected chi connectivity index (χ0v) is 19.5. The number of rotatable bonds is 8. The molecule has 2 amide bonds. The average Bonchev–Trinajstić information content (AvgIpc) is 2.65. The number of carbonyl (C=O) groups is 2. The Hall–Kier alpha value is -1.76. The van der Waals surface area contributed by atoms with Crippen LogP contribution >= 0.6 is 39.1 Å². The second-order valence-corrected chi connectivity index (χ2v) is 8.58. The molecule has 8 heteroatoms. The summed E-state index contributed by atoms with van der Waals surface area (Å²) in [6, 6.07) is 11.5. The maximum atomic E-state index is 13.0. The van der Waals surface area contributed by atoms with Gasteiger partial charge in [-0.3, -0.25) is 9.59 Å². The lowest BCUT2D eigenvalue weighted by Gasteiger charge is -2.29. The Morgan fingerprint density at radius 1 is 1.07 bits per heavy atom. The number of amides is 2. The highest BCUT2D eigenvalue weighted by Gasteiger charge is 2.27. The van der Waals surface area contributed by atoms with E-state index in [1.165, 1.54) is 4.90 Å². The van der Waals surface area contributed by atoms with Crippen LogP contribution in [0.4, 0.5) is 0 Å². The van der Waals surface area contributed by atoms with Crippen LogP contribution in [0.5, 0.6) is 5.75 Å². The molecule has 0 aliphatic carbocycles. The Labute approximate surface area is 189 Å². The lowest BCUT2D eigenvalue weighted by atomic mass is 10.1. The highest BCUT2D eigenvalue weighted by atomic mass is 79.9. The van der Waals surface area contributed by atoms with Crippen LogP contribution in [0.25, 0.3) is 0 Å². The van der Waals surface area contributed by atoms with E-state index in [2.05, 4.69) is 21.2 Å². The number of carbonyl (C=O) groups excluding carboxylic acids is 2. The number of halogens is 3. The molecule has 5 nitrogen and oxygen atoms in total. The van der Waals surface area contributed by atoms with E-state index in [0.29, 0.717) is 20.3 Å². The van der Waals surface area contributed by atoms with E-state index in [1.54, 1.807) is 37.3 Å². The van der Waals surface area contributed by atoms with Crippen molar-refractivity contribution in [2.24, 2.45) is 0 Å². The second kappa shape index (κ2) is 10.9. The van der Waals surface area contributed by atoms with E-state index in [1.807, 2.05) is 26.0 Å². The zero-order valence-electron chi connectivity index (χ0n) is 16.4. The molecule has 0 aromatic heterocycles. The summed E-state index contributed by atoms with van der Waals surface area (Å²) in [5.74, 6) is -0.0447. The van der Waals surface area contributed by atoms with Gasteiger partial charge in [0, 0.05) is 22.6 Å². The first-order valence-electron chi connectivity index (χ1n) is 9.09. The van der Waals surface area contributed by atoms with Gasteiger partial charge in [-0.05, 0) is 72.6 Å². The normalized spacial score (nSPS) is 11.8. The summed E-state index contributed by atoms with van der Waals surface area (Å²) >= 11 is 15.2. The van der Waals surface area contributed by atoms with E-state index in [0.717, 1.165) is 5.56 Å². The van der Waals surface area contributed by atoms with Crippen molar-refractivity contribution in [2.75, 3.05) is 6.61 Å². The van der Waals surface area contributed by atoms with Crippen LogP contribution in [0.1, 0.15) is 26.3 Å². The van der Waals surface area contributed by atoms with Crippen molar-refractivity contribution in [3.63, 3.8) is 0 Å². The van der Waals surface area contributed by atoms with E-state index in [-0.39, 0.29) is 31.0 Å². The molecule has 2 aromatic rings. The molecule has 0 aliphatic rings. The molecule has 1 unspecified atom stereocenters. The van der Waals surface area contributed by atoms with Crippen molar-refractivity contribution in [1.82, 2.24) is 10.2 Å². The van der Waals surface area contributed by atoms with Crippen molar-refractivity contribution < 1.29 is 14.3 Å². The van der Waals surface area contributed by atoms with Crippen molar-refractivity contribution in [1.29, 1.82) is 0 Å². The summed E-state index contributed by atoms with van der Waals surface area (Å²) in [5, 5.41) is 4.00. The Kier molecular flexibility index (Phi) is 8.80. The third-order valence-electron chi connectivity index (χ3n) is 4.11. The van der Waals surface area contributed by atoms with Crippen molar-refractivity contribution >= 4 is 50.9 Å². The molecule has 0 aliphatic heterocycles. The van der Waals surface area contributed by atoms with Gasteiger partial charge in [0.15, 0.2) is 6.61 Å². The highest BCUT2D eigenvalue weighted by Crippen LogP contribution is 2.28. The fourth-order valence-electron chi connectivity index (χ4n) is 2.59. The van der Waals surface area contributed by atoms with Gasteiger partial charge >= 0.3 is 0 Å². The van der Waals surface area contributed by atoms with Crippen LogP contribution in [0.15, 0.2) is 46.9 Å². The minimum Gasteiger partial charge on any atom is -0.483 e. The molecule has 156 valence electrons. The first kappa shape index (κ1) is 23.5. The van der Waals surface area contributed by atoms with Crippen LogP contribution in [-0.4, -0.2) is 35.4 Å². The largest absolute Gasteiger partial charge is 0.483 e. The van der Waals surface area contributed by atoms with Gasteiger partial charge in [0.05, 0.1) is 4.47 Å². The standard InChI is InChI=1S/C21H23BrCl2N2O3/c1-13(2)25-21(28)14(3)26(11-15-4-6-16(23)7-5-15)20(27)12-29-19-9-8-17(24)10-18(19)22/h4-10,13-14H,11-12H2,1-3H3,(H,25,28). The summed E-state index contributed by atoms with van der Waals surface area (Å²) in [6.07, 6.45) is 0. The van der Waals surface area contributed by atoms with E-state index >= 15 is 0 Å². The SMILES string of the molecule is CC(C)NC(=O)C(C)N(Cc1ccc(Cl)cc1)C(=O)COc1ccc(Cl)cc1Br. The van der Waals surface area contributed by atoms with Gasteiger partial charge in [-0.15, -0.1) is 0 Å². The van der Waals surface area contributed by atoms with Gasteiger partial charge in [-0.2, -0.15) is 0 Å². The van der Waals surface area contributed by atoms with Crippen molar-refractivity contribution in [3.8, 4) is 5.75 Å². The number of hydrogen-bond acceptors (Lipinski definition) is 3. The lowest BCUT2D eigenvalue weighted by molar-refractivity contribution is -0.142. The maximum absolute atomic E-state index is 13.0. The van der Waals surface area contributed by atoms with Crippen molar-refractivity contribution in [2.45, 2.75) is 39.4 Å². The summed E-state index contributed by atoms with van der Waals surface area (Å²) in [7, 11) is 0. The van der Waals surface area contributed by atoms with Crippen LogP contribution < -0.4 is 10.1 Å². The molecule has 0 saturated heterocycles. The molecule has 1 N–H and O–H groups in total. The number of nitrogens with one attached hydrogen (secondary N) is 1. The second-order valence-electron chi connectivity index (χ2n) is 6.85. The summed E-state index contributed by atoms with van der Waals surface area (Å²) in [5.41, 5.74) is 0.861. The fraction of sp³-hybridized carbons (Fsp3) is 0.333. The first-order chi connectivity index (χ1) is 13.7. The van der Waals surface area contributed by atoms with E-state index in [9.17, 15) is 9.59 Å².